The number of rotatable bonds is 5. The van der Waals surface area contributed by atoms with Crippen LogP contribution in [0.25, 0.3) is 0 Å². The van der Waals surface area contributed by atoms with E-state index in [0.717, 1.165) is 37.3 Å². The molecule has 0 aromatic carbocycles. The van der Waals surface area contributed by atoms with Crippen LogP contribution in [0.2, 0.25) is 0 Å². The van der Waals surface area contributed by atoms with Crippen LogP contribution in [0.4, 0.5) is 0 Å². The smallest absolute Gasteiger partial charge is 0.250 e. The number of carbonyl (C=O) groups excluding carboxylic acids is 1. The fraction of sp³-hybridized carbons (Fsp3) is 0.615. The summed E-state index contributed by atoms with van der Waals surface area (Å²) in [7, 11) is -3.61. The highest BCUT2D eigenvalue weighted by Gasteiger charge is 2.32. The minimum absolute atomic E-state index is 0.0853. The van der Waals surface area contributed by atoms with Crippen molar-refractivity contribution in [3.63, 3.8) is 0 Å². The Balaban J connectivity index is 2.15. The predicted octanol–water partition coefficient (Wildman–Crippen LogP) is 1.67. The highest BCUT2D eigenvalue weighted by molar-refractivity contribution is 7.91. The molecule has 1 saturated heterocycles. The summed E-state index contributed by atoms with van der Waals surface area (Å²) >= 11 is 1.15. The van der Waals surface area contributed by atoms with Gasteiger partial charge in [0.05, 0.1) is 0 Å². The second kappa shape index (κ2) is 6.24. The highest BCUT2D eigenvalue weighted by Crippen LogP contribution is 2.19. The monoisotopic (exact) mass is 316 g/mol. The SMILES string of the molecule is CC(C)[C@@H](NS(=O)(=O)c1cccs1)C(=O)N1CCCC1. The Labute approximate surface area is 124 Å². The summed E-state index contributed by atoms with van der Waals surface area (Å²) in [5.74, 6) is -0.199. The molecule has 1 aromatic rings. The first-order valence-electron chi connectivity index (χ1n) is 6.76. The number of hydrogen-bond acceptors (Lipinski definition) is 4. The van der Waals surface area contributed by atoms with E-state index in [1.807, 2.05) is 13.8 Å². The molecule has 1 fully saturated rings. The minimum Gasteiger partial charge on any atom is -0.341 e. The zero-order valence-electron chi connectivity index (χ0n) is 11.7. The van der Waals surface area contributed by atoms with Gasteiger partial charge in [0.1, 0.15) is 10.3 Å². The van der Waals surface area contributed by atoms with Gasteiger partial charge in [-0.15, -0.1) is 11.3 Å². The van der Waals surface area contributed by atoms with Crippen LogP contribution in [0.1, 0.15) is 26.7 Å². The van der Waals surface area contributed by atoms with Crippen molar-refractivity contribution in [1.82, 2.24) is 9.62 Å². The molecule has 7 heteroatoms. The summed E-state index contributed by atoms with van der Waals surface area (Å²) in [5.41, 5.74) is 0. The fourth-order valence-electron chi connectivity index (χ4n) is 2.25. The predicted molar refractivity (Wildman–Crippen MR) is 79.1 cm³/mol. The highest BCUT2D eigenvalue weighted by atomic mass is 32.2. The van der Waals surface area contributed by atoms with E-state index >= 15 is 0 Å². The lowest BCUT2D eigenvalue weighted by molar-refractivity contribution is -0.132. The van der Waals surface area contributed by atoms with Gasteiger partial charge in [0, 0.05) is 13.1 Å². The van der Waals surface area contributed by atoms with E-state index in [2.05, 4.69) is 4.72 Å². The van der Waals surface area contributed by atoms with Crippen LogP contribution in [-0.2, 0) is 14.8 Å². The third kappa shape index (κ3) is 3.39. The van der Waals surface area contributed by atoms with Crippen molar-refractivity contribution in [3.8, 4) is 0 Å². The Morgan fingerprint density at radius 2 is 2.00 bits per heavy atom. The maximum absolute atomic E-state index is 12.4. The van der Waals surface area contributed by atoms with Crippen LogP contribution >= 0.6 is 11.3 Å². The molecule has 0 spiro atoms. The van der Waals surface area contributed by atoms with E-state index in [1.54, 1.807) is 22.4 Å². The summed E-state index contributed by atoms with van der Waals surface area (Å²) < 4.78 is 27.3. The molecule has 112 valence electrons. The summed E-state index contributed by atoms with van der Waals surface area (Å²) in [5, 5.41) is 1.71. The van der Waals surface area contributed by atoms with Gasteiger partial charge in [0.15, 0.2) is 0 Å². The first-order chi connectivity index (χ1) is 9.42. The van der Waals surface area contributed by atoms with Crippen molar-refractivity contribution in [2.75, 3.05) is 13.1 Å². The van der Waals surface area contributed by atoms with E-state index in [1.165, 1.54) is 0 Å². The van der Waals surface area contributed by atoms with Crippen molar-refractivity contribution in [1.29, 1.82) is 0 Å². The second-order valence-corrected chi connectivity index (χ2v) is 8.20. The van der Waals surface area contributed by atoms with Crippen molar-refractivity contribution >= 4 is 27.3 Å². The lowest BCUT2D eigenvalue weighted by Crippen LogP contribution is -2.50. The number of amides is 1. The van der Waals surface area contributed by atoms with Gasteiger partial charge in [-0.05, 0) is 30.2 Å². The summed E-state index contributed by atoms with van der Waals surface area (Å²) in [6.45, 7) is 5.16. The first-order valence-corrected chi connectivity index (χ1v) is 9.13. The second-order valence-electron chi connectivity index (χ2n) is 5.31. The molecule has 1 amide bonds. The maximum Gasteiger partial charge on any atom is 0.250 e. The Hall–Kier alpha value is -0.920. The number of thiophene rings is 1. The van der Waals surface area contributed by atoms with E-state index in [0.29, 0.717) is 0 Å². The molecule has 0 unspecified atom stereocenters. The van der Waals surface area contributed by atoms with E-state index in [4.69, 9.17) is 0 Å². The topological polar surface area (TPSA) is 66.5 Å². The van der Waals surface area contributed by atoms with Gasteiger partial charge in [-0.2, -0.15) is 4.72 Å². The van der Waals surface area contributed by atoms with Gasteiger partial charge in [0.2, 0.25) is 5.91 Å². The number of hydrogen-bond donors (Lipinski definition) is 1. The van der Waals surface area contributed by atoms with Gasteiger partial charge in [-0.3, -0.25) is 4.79 Å². The van der Waals surface area contributed by atoms with Crippen LogP contribution in [0.5, 0.6) is 0 Å². The quantitative estimate of drug-likeness (QED) is 0.898. The van der Waals surface area contributed by atoms with E-state index in [-0.39, 0.29) is 16.0 Å². The molecule has 5 nitrogen and oxygen atoms in total. The van der Waals surface area contributed by atoms with Gasteiger partial charge >= 0.3 is 0 Å². The summed E-state index contributed by atoms with van der Waals surface area (Å²) in [6.07, 6.45) is 1.99. The maximum atomic E-state index is 12.4. The molecular formula is C13H20N2O3S2. The van der Waals surface area contributed by atoms with Gasteiger partial charge in [0.25, 0.3) is 10.0 Å². The van der Waals surface area contributed by atoms with Crippen LogP contribution in [-0.4, -0.2) is 38.4 Å². The number of sulfonamides is 1. The Bertz CT molecular complexity index is 546. The van der Waals surface area contributed by atoms with Gasteiger partial charge < -0.3 is 4.90 Å². The zero-order valence-corrected chi connectivity index (χ0v) is 13.3. The average Bonchev–Trinajstić information content (AvgIpc) is 3.06. The molecule has 1 N–H and O–H groups in total. The summed E-state index contributed by atoms with van der Waals surface area (Å²) in [4.78, 5) is 14.2. The van der Waals surface area contributed by atoms with Crippen LogP contribution in [0.15, 0.2) is 21.7 Å². The molecule has 20 heavy (non-hydrogen) atoms. The standard InChI is InChI=1S/C13H20N2O3S2/c1-10(2)12(13(16)15-7-3-4-8-15)14-20(17,18)11-6-5-9-19-11/h5-6,9-10,12,14H,3-4,7-8H2,1-2H3/t12-/m1/s1. The number of likely N-dealkylation sites (tertiary alicyclic amines) is 1. The largest absolute Gasteiger partial charge is 0.341 e. The molecule has 0 bridgehead atoms. The molecule has 2 heterocycles. The third-order valence-electron chi connectivity index (χ3n) is 3.39. The Kier molecular flexibility index (Phi) is 4.82. The first kappa shape index (κ1) is 15.5. The molecule has 0 radical (unpaired) electrons. The summed E-state index contributed by atoms with van der Waals surface area (Å²) in [6, 6.07) is 2.54. The Morgan fingerprint density at radius 3 is 2.50 bits per heavy atom. The van der Waals surface area contributed by atoms with E-state index in [9.17, 15) is 13.2 Å². The van der Waals surface area contributed by atoms with Crippen molar-refractivity contribution in [2.45, 2.75) is 36.9 Å². The minimum atomic E-state index is -3.61. The Morgan fingerprint density at radius 1 is 1.35 bits per heavy atom. The number of carbonyl (C=O) groups is 1. The lowest BCUT2D eigenvalue weighted by Gasteiger charge is -2.26. The fourth-order valence-corrected chi connectivity index (χ4v) is 4.59. The molecule has 1 aliphatic heterocycles. The molecule has 0 aliphatic carbocycles. The number of nitrogens with zero attached hydrogens (tertiary/aromatic N) is 1. The molecule has 1 aliphatic rings. The molecular weight excluding hydrogens is 296 g/mol. The molecule has 1 aromatic heterocycles. The van der Waals surface area contributed by atoms with E-state index < -0.39 is 16.1 Å². The van der Waals surface area contributed by atoms with Crippen LogP contribution in [0.3, 0.4) is 0 Å². The number of nitrogens with one attached hydrogen (secondary N) is 1. The zero-order chi connectivity index (χ0) is 14.8. The van der Waals surface area contributed by atoms with Crippen molar-refractivity contribution in [3.05, 3.63) is 17.5 Å². The molecule has 1 atom stereocenters. The van der Waals surface area contributed by atoms with Crippen LogP contribution in [0, 0.1) is 5.92 Å². The normalized spacial score (nSPS) is 17.6. The van der Waals surface area contributed by atoms with Crippen molar-refractivity contribution in [2.24, 2.45) is 5.92 Å². The molecule has 0 saturated carbocycles. The average molecular weight is 316 g/mol. The lowest BCUT2D eigenvalue weighted by atomic mass is 10.0. The van der Waals surface area contributed by atoms with Gasteiger partial charge in [-0.1, -0.05) is 19.9 Å². The van der Waals surface area contributed by atoms with Crippen LogP contribution < -0.4 is 4.72 Å². The van der Waals surface area contributed by atoms with Crippen molar-refractivity contribution < 1.29 is 13.2 Å². The van der Waals surface area contributed by atoms with Gasteiger partial charge in [-0.25, -0.2) is 8.42 Å². The molecule has 2 rings (SSSR count). The third-order valence-corrected chi connectivity index (χ3v) is 6.23.